The summed E-state index contributed by atoms with van der Waals surface area (Å²) in [5.74, 6) is 0. The number of hydrogen-bond donors (Lipinski definition) is 1. The van der Waals surface area contributed by atoms with Crippen molar-refractivity contribution in [3.63, 3.8) is 0 Å². The van der Waals surface area contributed by atoms with Crippen LogP contribution >= 0.6 is 0 Å². The van der Waals surface area contributed by atoms with Gasteiger partial charge in [-0.3, -0.25) is 0 Å². The highest BCUT2D eigenvalue weighted by molar-refractivity contribution is 4.85. The third-order valence-corrected chi connectivity index (χ3v) is 3.39. The van der Waals surface area contributed by atoms with Crippen molar-refractivity contribution >= 4 is 0 Å². The predicted molar refractivity (Wildman–Crippen MR) is 65.8 cm³/mol. The maximum absolute atomic E-state index is 8.64. The molecule has 17 heavy (non-hydrogen) atoms. The van der Waals surface area contributed by atoms with Crippen molar-refractivity contribution in [2.24, 2.45) is 5.41 Å². The Balaban J connectivity index is 2.30. The standard InChI is InChI=1S/C13H24O4/c1-3-13(10-16-11-13)6-5-12(9-15-2)17-8-4-7-14/h4,8,12,14H,3,5-7,9-11H2,1-2H3. The SMILES string of the molecule is CCC1(CCC(COC)OC=CCO)COC1. The molecule has 1 fully saturated rings. The van der Waals surface area contributed by atoms with Gasteiger partial charge >= 0.3 is 0 Å². The molecule has 1 atom stereocenters. The normalized spacial score (nSPS) is 20.2. The summed E-state index contributed by atoms with van der Waals surface area (Å²) in [6.45, 7) is 4.54. The fourth-order valence-corrected chi connectivity index (χ4v) is 1.97. The lowest BCUT2D eigenvalue weighted by Gasteiger charge is -2.41. The summed E-state index contributed by atoms with van der Waals surface area (Å²) in [6, 6.07) is 0. The topological polar surface area (TPSA) is 47.9 Å². The molecule has 0 amide bonds. The fraction of sp³-hybridized carbons (Fsp3) is 0.846. The van der Waals surface area contributed by atoms with Crippen molar-refractivity contribution in [2.45, 2.75) is 32.3 Å². The lowest BCUT2D eigenvalue weighted by Crippen LogP contribution is -2.42. The van der Waals surface area contributed by atoms with Gasteiger partial charge in [-0.2, -0.15) is 0 Å². The van der Waals surface area contributed by atoms with Crippen LogP contribution in [0.5, 0.6) is 0 Å². The van der Waals surface area contributed by atoms with E-state index >= 15 is 0 Å². The maximum Gasteiger partial charge on any atom is 0.121 e. The van der Waals surface area contributed by atoms with Gasteiger partial charge in [0.25, 0.3) is 0 Å². The summed E-state index contributed by atoms with van der Waals surface area (Å²) in [4.78, 5) is 0. The van der Waals surface area contributed by atoms with Gasteiger partial charge in [0, 0.05) is 12.5 Å². The number of ether oxygens (including phenoxy) is 3. The second-order valence-electron chi connectivity index (χ2n) is 4.65. The molecule has 1 N–H and O–H groups in total. The summed E-state index contributed by atoms with van der Waals surface area (Å²) in [6.07, 6.45) is 6.42. The third kappa shape index (κ3) is 4.66. The number of aliphatic hydroxyl groups is 1. The summed E-state index contributed by atoms with van der Waals surface area (Å²) < 4.78 is 16.0. The van der Waals surface area contributed by atoms with E-state index in [9.17, 15) is 0 Å². The number of rotatable bonds is 9. The molecular weight excluding hydrogens is 220 g/mol. The molecule has 0 spiro atoms. The molecule has 1 aliphatic rings. The molecule has 0 aromatic rings. The highest BCUT2D eigenvalue weighted by atomic mass is 16.5. The molecule has 1 heterocycles. The summed E-state index contributed by atoms with van der Waals surface area (Å²) in [7, 11) is 1.67. The number of methoxy groups -OCH3 is 1. The Bertz CT molecular complexity index is 218. The number of aliphatic hydroxyl groups excluding tert-OH is 1. The Labute approximate surface area is 104 Å². The molecule has 1 aliphatic heterocycles. The molecular formula is C13H24O4. The Kier molecular flexibility index (Phi) is 6.55. The average Bonchev–Trinajstić information content (AvgIpc) is 2.28. The van der Waals surface area contributed by atoms with Crippen LogP contribution in [0.3, 0.4) is 0 Å². The van der Waals surface area contributed by atoms with Gasteiger partial charge in [-0.15, -0.1) is 0 Å². The minimum Gasteiger partial charge on any atom is -0.496 e. The van der Waals surface area contributed by atoms with Gasteiger partial charge in [-0.05, 0) is 25.3 Å². The van der Waals surface area contributed by atoms with Crippen molar-refractivity contribution in [2.75, 3.05) is 33.5 Å². The zero-order valence-corrected chi connectivity index (χ0v) is 10.9. The van der Waals surface area contributed by atoms with Crippen LogP contribution in [0.1, 0.15) is 26.2 Å². The predicted octanol–water partition coefficient (Wildman–Crippen LogP) is 1.73. The van der Waals surface area contributed by atoms with Gasteiger partial charge in [0.05, 0.1) is 32.7 Å². The second-order valence-corrected chi connectivity index (χ2v) is 4.65. The summed E-state index contributed by atoms with van der Waals surface area (Å²) in [5, 5.41) is 8.64. The van der Waals surface area contributed by atoms with E-state index in [0.717, 1.165) is 32.5 Å². The van der Waals surface area contributed by atoms with Crippen molar-refractivity contribution in [1.82, 2.24) is 0 Å². The van der Waals surface area contributed by atoms with E-state index in [1.807, 2.05) is 0 Å². The molecule has 100 valence electrons. The van der Waals surface area contributed by atoms with E-state index in [2.05, 4.69) is 6.92 Å². The molecule has 4 heteroatoms. The fourth-order valence-electron chi connectivity index (χ4n) is 1.97. The maximum atomic E-state index is 8.64. The Morgan fingerprint density at radius 2 is 2.24 bits per heavy atom. The molecule has 0 bridgehead atoms. The Hall–Kier alpha value is -0.580. The monoisotopic (exact) mass is 244 g/mol. The first kappa shape index (κ1) is 14.5. The van der Waals surface area contributed by atoms with Crippen LogP contribution in [0.4, 0.5) is 0 Å². The van der Waals surface area contributed by atoms with E-state index in [1.165, 1.54) is 0 Å². The van der Waals surface area contributed by atoms with Gasteiger partial charge in [-0.1, -0.05) is 6.92 Å². The van der Waals surface area contributed by atoms with Crippen LogP contribution < -0.4 is 0 Å². The van der Waals surface area contributed by atoms with E-state index in [4.69, 9.17) is 19.3 Å². The highest BCUT2D eigenvalue weighted by Gasteiger charge is 2.36. The first-order chi connectivity index (χ1) is 8.26. The molecule has 1 saturated heterocycles. The molecule has 0 radical (unpaired) electrons. The van der Waals surface area contributed by atoms with Gasteiger partial charge < -0.3 is 19.3 Å². The van der Waals surface area contributed by atoms with Gasteiger partial charge in [-0.25, -0.2) is 0 Å². The Morgan fingerprint density at radius 1 is 1.47 bits per heavy atom. The van der Waals surface area contributed by atoms with Gasteiger partial charge in [0.15, 0.2) is 0 Å². The van der Waals surface area contributed by atoms with E-state index < -0.39 is 0 Å². The van der Waals surface area contributed by atoms with Crippen molar-refractivity contribution in [3.05, 3.63) is 12.3 Å². The molecule has 0 aliphatic carbocycles. The third-order valence-electron chi connectivity index (χ3n) is 3.39. The zero-order valence-electron chi connectivity index (χ0n) is 10.9. The van der Waals surface area contributed by atoms with Gasteiger partial charge in [0.1, 0.15) is 6.10 Å². The Morgan fingerprint density at radius 3 is 2.71 bits per heavy atom. The van der Waals surface area contributed by atoms with E-state index in [0.29, 0.717) is 12.0 Å². The van der Waals surface area contributed by atoms with Crippen LogP contribution in [-0.4, -0.2) is 44.7 Å². The summed E-state index contributed by atoms with van der Waals surface area (Å²) in [5.41, 5.74) is 0.357. The van der Waals surface area contributed by atoms with Crippen LogP contribution in [0.25, 0.3) is 0 Å². The van der Waals surface area contributed by atoms with Crippen LogP contribution in [-0.2, 0) is 14.2 Å². The first-order valence-electron chi connectivity index (χ1n) is 6.24. The molecule has 1 unspecified atom stereocenters. The van der Waals surface area contributed by atoms with Crippen molar-refractivity contribution in [3.8, 4) is 0 Å². The van der Waals surface area contributed by atoms with Crippen LogP contribution in [0, 0.1) is 5.41 Å². The van der Waals surface area contributed by atoms with Crippen LogP contribution in [0.2, 0.25) is 0 Å². The first-order valence-corrected chi connectivity index (χ1v) is 6.24. The van der Waals surface area contributed by atoms with Crippen molar-refractivity contribution < 1.29 is 19.3 Å². The van der Waals surface area contributed by atoms with Crippen molar-refractivity contribution in [1.29, 1.82) is 0 Å². The van der Waals surface area contributed by atoms with Gasteiger partial charge in [0.2, 0.25) is 0 Å². The van der Waals surface area contributed by atoms with Crippen LogP contribution in [0.15, 0.2) is 12.3 Å². The molecule has 0 saturated carbocycles. The average molecular weight is 244 g/mol. The largest absolute Gasteiger partial charge is 0.496 e. The second kappa shape index (κ2) is 7.69. The van der Waals surface area contributed by atoms with E-state index in [1.54, 1.807) is 19.4 Å². The minimum atomic E-state index is 0.00639. The number of hydrogen-bond acceptors (Lipinski definition) is 4. The lowest BCUT2D eigenvalue weighted by molar-refractivity contribution is -0.124. The molecule has 1 rings (SSSR count). The smallest absolute Gasteiger partial charge is 0.121 e. The zero-order chi connectivity index (χ0) is 12.6. The highest BCUT2D eigenvalue weighted by Crippen LogP contribution is 2.36. The molecule has 0 aromatic heterocycles. The van der Waals surface area contributed by atoms with E-state index in [-0.39, 0.29) is 12.7 Å². The quantitative estimate of drug-likeness (QED) is 0.627. The molecule has 0 aromatic carbocycles. The lowest BCUT2D eigenvalue weighted by atomic mass is 9.78. The summed E-state index contributed by atoms with van der Waals surface area (Å²) >= 11 is 0. The minimum absolute atomic E-state index is 0.00639. The molecule has 4 nitrogen and oxygen atoms in total.